The van der Waals surface area contributed by atoms with Gasteiger partial charge < -0.3 is 10.1 Å². The number of aryl methyl sites for hydroxylation is 1. The van der Waals surface area contributed by atoms with Crippen LogP contribution in [0.1, 0.15) is 55.7 Å². The fourth-order valence-corrected chi connectivity index (χ4v) is 3.69. The molecule has 1 aromatic rings. The zero-order chi connectivity index (χ0) is 14.2. The van der Waals surface area contributed by atoms with Gasteiger partial charge >= 0.3 is 0 Å². The van der Waals surface area contributed by atoms with Gasteiger partial charge in [0.05, 0.1) is 12.1 Å². The van der Waals surface area contributed by atoms with Crippen LogP contribution >= 0.6 is 0 Å². The summed E-state index contributed by atoms with van der Waals surface area (Å²) in [6.07, 6.45) is 11.3. The van der Waals surface area contributed by atoms with Gasteiger partial charge in [0.1, 0.15) is 5.75 Å². The molecule has 0 aromatic heterocycles. The van der Waals surface area contributed by atoms with E-state index in [9.17, 15) is 0 Å². The summed E-state index contributed by atoms with van der Waals surface area (Å²) in [7, 11) is 0. The molecule has 0 atom stereocenters. The van der Waals surface area contributed by atoms with Crippen molar-refractivity contribution in [1.82, 2.24) is 0 Å². The van der Waals surface area contributed by atoms with Crippen molar-refractivity contribution in [1.29, 1.82) is 0 Å². The molecular weight excluding hydrogens is 246 g/mol. The smallest absolute Gasteiger partial charge is 0.125 e. The molecule has 0 bridgehead atoms. The van der Waals surface area contributed by atoms with Crippen molar-refractivity contribution >= 4 is 11.8 Å². The molecule has 1 aliphatic heterocycles. The Morgan fingerprint density at radius 2 is 1.95 bits per heavy atom. The number of nitrogens with one attached hydrogen (secondary N) is 1. The number of fused-ring (bicyclic) bond motifs is 1. The maximum Gasteiger partial charge on any atom is 0.125 e. The Kier molecular flexibility index (Phi) is 3.49. The largest absolute Gasteiger partial charge is 0.493 e. The van der Waals surface area contributed by atoms with Gasteiger partial charge in [-0.3, -0.25) is 0 Å². The fraction of sp³-hybridized carbons (Fsp3) is 0.556. The van der Waals surface area contributed by atoms with E-state index in [-0.39, 0.29) is 5.54 Å². The molecule has 0 unspecified atom stereocenters. The van der Waals surface area contributed by atoms with E-state index in [1.54, 1.807) is 0 Å². The van der Waals surface area contributed by atoms with Crippen LogP contribution in [-0.4, -0.2) is 12.1 Å². The number of hydrogen-bond donors (Lipinski definition) is 1. The minimum Gasteiger partial charge on any atom is -0.493 e. The first-order valence-corrected chi connectivity index (χ1v) is 7.90. The molecular formula is C18H25NO. The molecule has 0 amide bonds. The van der Waals surface area contributed by atoms with Gasteiger partial charge in [0, 0.05) is 16.8 Å². The van der Waals surface area contributed by atoms with E-state index in [4.69, 9.17) is 4.74 Å². The molecule has 1 fully saturated rings. The highest BCUT2D eigenvalue weighted by Crippen LogP contribution is 2.42. The zero-order valence-electron chi connectivity index (χ0n) is 12.9. The van der Waals surface area contributed by atoms with E-state index < -0.39 is 0 Å². The topological polar surface area (TPSA) is 21.3 Å². The lowest BCUT2D eigenvalue weighted by atomic mass is 9.78. The average molecular weight is 271 g/mol. The van der Waals surface area contributed by atoms with Crippen molar-refractivity contribution in [3.05, 3.63) is 28.8 Å². The predicted octanol–water partition coefficient (Wildman–Crippen LogP) is 4.84. The summed E-state index contributed by atoms with van der Waals surface area (Å²) in [6, 6.07) is 2.26. The quantitative estimate of drug-likeness (QED) is 0.830. The lowest BCUT2D eigenvalue weighted by molar-refractivity contribution is 0.335. The Hall–Kier alpha value is -1.44. The first-order valence-electron chi connectivity index (χ1n) is 7.90. The lowest BCUT2D eigenvalue weighted by Gasteiger charge is -2.40. The van der Waals surface area contributed by atoms with Crippen molar-refractivity contribution in [2.45, 2.75) is 58.4 Å². The normalized spacial score (nSPS) is 19.6. The van der Waals surface area contributed by atoms with Crippen molar-refractivity contribution in [3.63, 3.8) is 0 Å². The van der Waals surface area contributed by atoms with Crippen LogP contribution < -0.4 is 10.1 Å². The summed E-state index contributed by atoms with van der Waals surface area (Å²) in [5, 5.41) is 3.82. The predicted molar refractivity (Wildman–Crippen MR) is 85.6 cm³/mol. The van der Waals surface area contributed by atoms with Crippen LogP contribution in [-0.2, 0) is 0 Å². The van der Waals surface area contributed by atoms with E-state index in [2.05, 4.69) is 37.4 Å². The highest BCUT2D eigenvalue weighted by atomic mass is 16.5. The highest BCUT2D eigenvalue weighted by Gasteiger charge is 2.32. The van der Waals surface area contributed by atoms with Crippen molar-refractivity contribution in [2.24, 2.45) is 0 Å². The Morgan fingerprint density at radius 3 is 2.65 bits per heavy atom. The van der Waals surface area contributed by atoms with Gasteiger partial charge in [-0.2, -0.15) is 0 Å². The third-order valence-corrected chi connectivity index (χ3v) is 4.74. The molecule has 108 valence electrons. The molecule has 3 rings (SSSR count). The highest BCUT2D eigenvalue weighted by molar-refractivity contribution is 5.78. The molecule has 1 saturated carbocycles. The van der Waals surface area contributed by atoms with Gasteiger partial charge in [0.2, 0.25) is 0 Å². The SMILES string of the molecule is CCOc1c(C)cc2c(c1C)C=CC1(CCCCC1)N2. The van der Waals surface area contributed by atoms with Crippen molar-refractivity contribution in [2.75, 3.05) is 11.9 Å². The maximum atomic E-state index is 5.81. The Bertz CT molecular complexity index is 539. The van der Waals surface area contributed by atoms with E-state index in [0.29, 0.717) is 0 Å². The molecule has 1 heterocycles. The summed E-state index contributed by atoms with van der Waals surface area (Å²) >= 11 is 0. The Morgan fingerprint density at radius 1 is 1.20 bits per heavy atom. The fourth-order valence-electron chi connectivity index (χ4n) is 3.69. The van der Waals surface area contributed by atoms with Gasteiger partial charge in [-0.05, 0) is 45.2 Å². The second-order valence-corrected chi connectivity index (χ2v) is 6.22. The van der Waals surface area contributed by atoms with Crippen LogP contribution in [0.5, 0.6) is 5.75 Å². The van der Waals surface area contributed by atoms with Crippen LogP contribution in [0.4, 0.5) is 5.69 Å². The third-order valence-electron chi connectivity index (χ3n) is 4.74. The lowest BCUT2D eigenvalue weighted by Crippen LogP contribution is -2.39. The van der Waals surface area contributed by atoms with E-state index in [0.717, 1.165) is 12.4 Å². The molecule has 1 spiro atoms. The molecule has 0 saturated heterocycles. The van der Waals surface area contributed by atoms with Gasteiger partial charge in [-0.25, -0.2) is 0 Å². The molecule has 1 aromatic carbocycles. The first-order chi connectivity index (χ1) is 9.65. The summed E-state index contributed by atoms with van der Waals surface area (Å²) in [5.74, 6) is 1.05. The molecule has 2 nitrogen and oxygen atoms in total. The van der Waals surface area contributed by atoms with Gasteiger partial charge in [-0.15, -0.1) is 0 Å². The number of anilines is 1. The summed E-state index contributed by atoms with van der Waals surface area (Å²) < 4.78 is 5.81. The summed E-state index contributed by atoms with van der Waals surface area (Å²) in [5.41, 5.74) is 5.29. The molecule has 2 heteroatoms. The van der Waals surface area contributed by atoms with E-state index >= 15 is 0 Å². The molecule has 1 aliphatic carbocycles. The maximum absolute atomic E-state index is 5.81. The number of benzene rings is 1. The molecule has 2 aliphatic rings. The Balaban J connectivity index is 1.99. The molecule has 20 heavy (non-hydrogen) atoms. The second-order valence-electron chi connectivity index (χ2n) is 6.22. The summed E-state index contributed by atoms with van der Waals surface area (Å²) in [4.78, 5) is 0. The van der Waals surface area contributed by atoms with Gasteiger partial charge in [0.15, 0.2) is 0 Å². The van der Waals surface area contributed by atoms with Crippen molar-refractivity contribution < 1.29 is 4.74 Å². The van der Waals surface area contributed by atoms with Crippen molar-refractivity contribution in [3.8, 4) is 5.75 Å². The third kappa shape index (κ3) is 2.21. The molecule has 1 N–H and O–H groups in total. The number of rotatable bonds is 2. The first kappa shape index (κ1) is 13.5. The Labute approximate surface area is 122 Å². The van der Waals surface area contributed by atoms with Crippen LogP contribution in [0.15, 0.2) is 12.1 Å². The monoisotopic (exact) mass is 271 g/mol. The van der Waals surface area contributed by atoms with E-state index in [1.807, 2.05) is 6.92 Å². The van der Waals surface area contributed by atoms with Gasteiger partial charge in [0.25, 0.3) is 0 Å². The number of hydrogen-bond acceptors (Lipinski definition) is 2. The van der Waals surface area contributed by atoms with Crippen LogP contribution in [0.2, 0.25) is 0 Å². The second kappa shape index (κ2) is 5.16. The standard InChI is InChI=1S/C18H25NO/c1-4-20-17-13(2)12-16-15(14(17)3)8-11-18(19-16)9-6-5-7-10-18/h8,11-12,19H,4-7,9-10H2,1-3H3. The zero-order valence-corrected chi connectivity index (χ0v) is 12.9. The number of ether oxygens (including phenoxy) is 1. The average Bonchev–Trinajstić information content (AvgIpc) is 2.44. The summed E-state index contributed by atoms with van der Waals surface area (Å²) in [6.45, 7) is 7.08. The van der Waals surface area contributed by atoms with E-state index in [1.165, 1.54) is 54.5 Å². The minimum atomic E-state index is 0.206. The van der Waals surface area contributed by atoms with Crippen LogP contribution in [0.25, 0.3) is 6.08 Å². The van der Waals surface area contributed by atoms with Gasteiger partial charge in [-0.1, -0.05) is 31.4 Å². The minimum absolute atomic E-state index is 0.206. The van der Waals surface area contributed by atoms with Crippen LogP contribution in [0, 0.1) is 13.8 Å². The molecule has 0 radical (unpaired) electrons. The van der Waals surface area contributed by atoms with Crippen LogP contribution in [0.3, 0.4) is 0 Å².